The molecule has 0 spiro atoms. The van der Waals surface area contributed by atoms with Gasteiger partial charge >= 0.3 is 0 Å². The molecular formula is C13H24N2O. The molecule has 0 aliphatic heterocycles. The van der Waals surface area contributed by atoms with E-state index in [1.54, 1.807) is 6.92 Å². The number of nitrogens with two attached hydrogens (primary N) is 1. The number of fused-ring (bicyclic) bond motifs is 2. The molecule has 0 aromatic carbocycles. The van der Waals surface area contributed by atoms with Gasteiger partial charge in [-0.1, -0.05) is 13.8 Å². The highest BCUT2D eigenvalue weighted by atomic mass is 16.1. The molecule has 1 amide bonds. The first-order valence-electron chi connectivity index (χ1n) is 6.46. The minimum absolute atomic E-state index is 0.0451. The second kappa shape index (κ2) is 4.02. The van der Waals surface area contributed by atoms with Gasteiger partial charge in [0.1, 0.15) is 0 Å². The van der Waals surface area contributed by atoms with Crippen LogP contribution in [0.5, 0.6) is 0 Å². The molecule has 2 aliphatic carbocycles. The van der Waals surface area contributed by atoms with Crippen LogP contribution in [0.2, 0.25) is 0 Å². The molecule has 2 saturated carbocycles. The van der Waals surface area contributed by atoms with Gasteiger partial charge in [-0.2, -0.15) is 0 Å². The average Bonchev–Trinajstić information content (AvgIpc) is 2.11. The first-order valence-corrected chi connectivity index (χ1v) is 6.46. The van der Waals surface area contributed by atoms with E-state index in [9.17, 15) is 4.79 Å². The van der Waals surface area contributed by atoms with Gasteiger partial charge in [-0.3, -0.25) is 4.79 Å². The Morgan fingerprint density at radius 3 is 2.62 bits per heavy atom. The predicted octanol–water partition coefficient (Wildman–Crippen LogP) is 1.66. The average molecular weight is 224 g/mol. The molecule has 3 heteroatoms. The van der Waals surface area contributed by atoms with Crippen molar-refractivity contribution in [3.63, 3.8) is 0 Å². The fraction of sp³-hybridized carbons (Fsp3) is 0.923. The van der Waals surface area contributed by atoms with Crippen LogP contribution in [-0.2, 0) is 4.79 Å². The van der Waals surface area contributed by atoms with Crippen molar-refractivity contribution in [1.29, 1.82) is 0 Å². The molecule has 16 heavy (non-hydrogen) atoms. The zero-order chi connectivity index (χ0) is 11.9. The van der Waals surface area contributed by atoms with Gasteiger partial charge in [0, 0.05) is 18.5 Å². The normalized spacial score (nSPS) is 47.5. The second-order valence-corrected chi connectivity index (χ2v) is 6.23. The summed E-state index contributed by atoms with van der Waals surface area (Å²) in [6.45, 7) is 6.14. The number of hydrogen-bond acceptors (Lipinski definition) is 2. The number of rotatable bonds is 1. The van der Waals surface area contributed by atoms with Crippen molar-refractivity contribution in [2.24, 2.45) is 23.5 Å². The van der Waals surface area contributed by atoms with Crippen LogP contribution in [0.1, 0.15) is 46.5 Å². The lowest BCUT2D eigenvalue weighted by molar-refractivity contribution is -0.123. The van der Waals surface area contributed by atoms with E-state index in [1.807, 2.05) is 0 Å². The molecule has 2 rings (SSSR count). The summed E-state index contributed by atoms with van der Waals surface area (Å²) in [7, 11) is 0. The zero-order valence-corrected chi connectivity index (χ0v) is 10.6. The molecule has 92 valence electrons. The Balaban J connectivity index is 2.19. The minimum Gasteiger partial charge on any atom is -0.351 e. The van der Waals surface area contributed by atoms with Crippen molar-refractivity contribution in [1.82, 2.24) is 5.32 Å². The number of carbonyl (C=O) groups is 1. The van der Waals surface area contributed by atoms with Crippen LogP contribution >= 0.6 is 0 Å². The standard InChI is InChI=1S/C13H24N2O/c1-8-4-11-7-13(5-8,15-10(3)16)6-9(2)12(11)14/h8-9,11-12H,4-7,14H2,1-3H3,(H,15,16). The van der Waals surface area contributed by atoms with Gasteiger partial charge in [0.05, 0.1) is 0 Å². The van der Waals surface area contributed by atoms with Crippen molar-refractivity contribution < 1.29 is 4.79 Å². The van der Waals surface area contributed by atoms with E-state index in [-0.39, 0.29) is 11.4 Å². The van der Waals surface area contributed by atoms with E-state index in [0.29, 0.717) is 23.8 Å². The summed E-state index contributed by atoms with van der Waals surface area (Å²) in [5.41, 5.74) is 6.31. The van der Waals surface area contributed by atoms with Crippen molar-refractivity contribution in [2.45, 2.75) is 58.0 Å². The van der Waals surface area contributed by atoms with Gasteiger partial charge in [-0.05, 0) is 43.4 Å². The Hall–Kier alpha value is -0.570. The summed E-state index contributed by atoms with van der Waals surface area (Å²) in [6, 6.07) is 0.324. The van der Waals surface area contributed by atoms with Gasteiger partial charge < -0.3 is 11.1 Å². The maximum Gasteiger partial charge on any atom is 0.217 e. The highest BCUT2D eigenvalue weighted by Gasteiger charge is 2.47. The molecule has 0 saturated heterocycles. The Morgan fingerprint density at radius 1 is 1.31 bits per heavy atom. The fourth-order valence-corrected chi connectivity index (χ4v) is 4.14. The van der Waals surface area contributed by atoms with Gasteiger partial charge in [0.2, 0.25) is 5.91 Å². The summed E-state index contributed by atoms with van der Waals surface area (Å²) in [4.78, 5) is 11.4. The van der Waals surface area contributed by atoms with Gasteiger partial charge in [-0.15, -0.1) is 0 Å². The molecule has 5 unspecified atom stereocenters. The third-order valence-corrected chi connectivity index (χ3v) is 4.45. The summed E-state index contributed by atoms with van der Waals surface area (Å²) >= 11 is 0. The minimum atomic E-state index is 0.0451. The monoisotopic (exact) mass is 224 g/mol. The predicted molar refractivity (Wildman–Crippen MR) is 64.8 cm³/mol. The molecule has 5 atom stereocenters. The smallest absolute Gasteiger partial charge is 0.217 e. The summed E-state index contributed by atoms with van der Waals surface area (Å²) in [5, 5.41) is 3.21. The van der Waals surface area contributed by atoms with Crippen LogP contribution in [-0.4, -0.2) is 17.5 Å². The van der Waals surface area contributed by atoms with E-state index in [2.05, 4.69) is 19.2 Å². The molecule has 2 fully saturated rings. The van der Waals surface area contributed by atoms with Crippen LogP contribution in [0.3, 0.4) is 0 Å². The van der Waals surface area contributed by atoms with Crippen molar-refractivity contribution in [3.05, 3.63) is 0 Å². The number of nitrogens with one attached hydrogen (secondary N) is 1. The molecule has 2 aliphatic rings. The molecule has 0 heterocycles. The van der Waals surface area contributed by atoms with Gasteiger partial charge in [0.15, 0.2) is 0 Å². The molecule has 0 aromatic rings. The molecule has 0 radical (unpaired) electrons. The first kappa shape index (κ1) is 11.9. The summed E-state index contributed by atoms with van der Waals surface area (Å²) in [5.74, 6) is 1.91. The van der Waals surface area contributed by atoms with E-state index in [4.69, 9.17) is 5.73 Å². The Morgan fingerprint density at radius 2 is 2.00 bits per heavy atom. The quantitative estimate of drug-likeness (QED) is 0.712. The Labute approximate surface area is 98.2 Å². The van der Waals surface area contributed by atoms with E-state index in [1.165, 1.54) is 6.42 Å². The van der Waals surface area contributed by atoms with Crippen molar-refractivity contribution >= 4 is 5.91 Å². The Kier molecular flexibility index (Phi) is 2.99. The van der Waals surface area contributed by atoms with Crippen molar-refractivity contribution in [3.8, 4) is 0 Å². The second-order valence-electron chi connectivity index (χ2n) is 6.23. The summed E-state index contributed by atoms with van der Waals surface area (Å²) in [6.07, 6.45) is 4.49. The number of hydrogen-bond donors (Lipinski definition) is 2. The molecule has 0 aromatic heterocycles. The molecule has 3 N–H and O–H groups in total. The third kappa shape index (κ3) is 2.10. The lowest BCUT2D eigenvalue weighted by atomic mass is 9.59. The maximum atomic E-state index is 11.4. The molecule has 3 nitrogen and oxygen atoms in total. The lowest BCUT2D eigenvalue weighted by Crippen LogP contribution is -2.61. The number of amides is 1. The van der Waals surface area contributed by atoms with Crippen LogP contribution in [0.15, 0.2) is 0 Å². The zero-order valence-electron chi connectivity index (χ0n) is 10.6. The van der Waals surface area contributed by atoms with Crippen LogP contribution < -0.4 is 11.1 Å². The highest BCUT2D eigenvalue weighted by molar-refractivity contribution is 5.73. The van der Waals surface area contributed by atoms with E-state index >= 15 is 0 Å². The highest BCUT2D eigenvalue weighted by Crippen LogP contribution is 2.46. The Bertz CT molecular complexity index is 288. The SMILES string of the molecule is CC(=O)NC12CC(C)CC(C1)C(N)C(C)C2. The number of carbonyl (C=O) groups excluding carboxylic acids is 1. The van der Waals surface area contributed by atoms with E-state index < -0.39 is 0 Å². The molecular weight excluding hydrogens is 200 g/mol. The molecule has 2 bridgehead atoms. The van der Waals surface area contributed by atoms with Crippen LogP contribution in [0.25, 0.3) is 0 Å². The fourth-order valence-electron chi connectivity index (χ4n) is 4.14. The van der Waals surface area contributed by atoms with E-state index in [0.717, 1.165) is 19.3 Å². The van der Waals surface area contributed by atoms with Crippen LogP contribution in [0, 0.1) is 17.8 Å². The van der Waals surface area contributed by atoms with Crippen LogP contribution in [0.4, 0.5) is 0 Å². The third-order valence-electron chi connectivity index (χ3n) is 4.45. The van der Waals surface area contributed by atoms with Crippen molar-refractivity contribution in [2.75, 3.05) is 0 Å². The largest absolute Gasteiger partial charge is 0.351 e. The maximum absolute atomic E-state index is 11.4. The lowest BCUT2D eigenvalue weighted by Gasteiger charge is -2.52. The summed E-state index contributed by atoms with van der Waals surface area (Å²) < 4.78 is 0. The topological polar surface area (TPSA) is 55.1 Å². The van der Waals surface area contributed by atoms with Gasteiger partial charge in [-0.25, -0.2) is 0 Å². The first-order chi connectivity index (χ1) is 7.42. The van der Waals surface area contributed by atoms with Gasteiger partial charge in [0.25, 0.3) is 0 Å².